The smallest absolute Gasteiger partial charge is 0.238 e. The zero-order chi connectivity index (χ0) is 21.8. The highest BCUT2D eigenvalue weighted by Gasteiger charge is 2.47. The van der Waals surface area contributed by atoms with Crippen LogP contribution in [-0.2, 0) is 14.8 Å². The van der Waals surface area contributed by atoms with Crippen molar-refractivity contribution in [1.29, 1.82) is 0 Å². The van der Waals surface area contributed by atoms with E-state index in [4.69, 9.17) is 10.9 Å². The van der Waals surface area contributed by atoms with E-state index in [2.05, 4.69) is 42.7 Å². The lowest BCUT2D eigenvalue weighted by atomic mass is 9.88. The number of allylic oxidation sites excluding steroid dienone is 1. The van der Waals surface area contributed by atoms with Gasteiger partial charge in [0, 0.05) is 11.7 Å². The molecule has 5 rings (SSSR count). The molecule has 0 spiro atoms. The van der Waals surface area contributed by atoms with Crippen LogP contribution >= 0.6 is 0 Å². The monoisotopic (exact) mass is 440 g/mol. The van der Waals surface area contributed by atoms with Crippen molar-refractivity contribution in [3.63, 3.8) is 0 Å². The molecule has 1 fully saturated rings. The van der Waals surface area contributed by atoms with Gasteiger partial charge < -0.3 is 21.4 Å². The van der Waals surface area contributed by atoms with E-state index >= 15 is 0 Å². The van der Waals surface area contributed by atoms with Crippen LogP contribution in [-0.4, -0.2) is 40.3 Å². The molecule has 7 N–H and O–H groups in total. The number of sulfonamides is 1. The summed E-state index contributed by atoms with van der Waals surface area (Å²) in [5, 5.41) is 11.6. The van der Waals surface area contributed by atoms with Crippen LogP contribution in [0.3, 0.4) is 0 Å². The van der Waals surface area contributed by atoms with E-state index in [1.165, 1.54) is 18.5 Å². The quantitative estimate of drug-likeness (QED) is 0.349. The molecule has 0 radical (unpaired) electrons. The first-order valence-electron chi connectivity index (χ1n) is 9.65. The normalized spacial score (nSPS) is 24.5. The van der Waals surface area contributed by atoms with Crippen LogP contribution in [0.4, 0.5) is 17.5 Å². The average molecular weight is 440 g/mol. The van der Waals surface area contributed by atoms with E-state index in [9.17, 15) is 13.2 Å². The number of carbonyl (C=O) groups is 1. The molecule has 0 aliphatic heterocycles. The topological polar surface area (TPSA) is 182 Å². The van der Waals surface area contributed by atoms with Crippen LogP contribution < -0.4 is 21.5 Å². The van der Waals surface area contributed by atoms with Gasteiger partial charge in [-0.05, 0) is 36.5 Å². The fraction of sp³-hybridized carbons (Fsp3) is 0.263. The number of nitrogens with two attached hydrogens (primary N) is 2. The summed E-state index contributed by atoms with van der Waals surface area (Å²) in [4.78, 5) is 28.1. The molecule has 0 saturated heterocycles. The standard InChI is InChI=1S/C19H20N8O3S/c20-16(28)13-9-4-5-10(6-9)14(13)25-18-15-17(23-8-22-15)26-19(27-18)24-11-2-1-3-12(7-11)31(21,29)30/h1-5,7-10,13-14H,6H2,(H2,20,28)(H2,21,29,30)(H3,22,23,24,25,26,27)/t9-,10+,13-,14+/m0/s1. The maximum atomic E-state index is 12.1. The second-order valence-corrected chi connectivity index (χ2v) is 9.30. The van der Waals surface area contributed by atoms with Gasteiger partial charge in [-0.25, -0.2) is 18.5 Å². The van der Waals surface area contributed by atoms with Crippen LogP contribution in [0.2, 0.25) is 0 Å². The number of amides is 1. The number of nitrogens with one attached hydrogen (secondary N) is 3. The Morgan fingerprint density at radius 2 is 2.00 bits per heavy atom. The maximum absolute atomic E-state index is 12.1. The first kappa shape index (κ1) is 19.5. The lowest BCUT2D eigenvalue weighted by molar-refractivity contribution is -0.122. The van der Waals surface area contributed by atoms with Crippen LogP contribution in [0.25, 0.3) is 11.2 Å². The summed E-state index contributed by atoms with van der Waals surface area (Å²) in [6, 6.07) is 5.84. The fourth-order valence-electron chi connectivity index (χ4n) is 4.44. The molecule has 2 aliphatic rings. The Hall–Kier alpha value is -3.51. The minimum Gasteiger partial charge on any atom is -0.369 e. The molecule has 2 bridgehead atoms. The number of rotatable bonds is 6. The van der Waals surface area contributed by atoms with Gasteiger partial charge in [-0.3, -0.25) is 4.79 Å². The zero-order valence-electron chi connectivity index (χ0n) is 16.2. The lowest BCUT2D eigenvalue weighted by Gasteiger charge is -2.27. The van der Waals surface area contributed by atoms with Gasteiger partial charge in [-0.1, -0.05) is 18.2 Å². The highest BCUT2D eigenvalue weighted by atomic mass is 32.2. The molecule has 11 nitrogen and oxygen atoms in total. The van der Waals surface area contributed by atoms with Gasteiger partial charge in [0.05, 0.1) is 17.1 Å². The first-order valence-corrected chi connectivity index (χ1v) is 11.2. The molecule has 2 aliphatic carbocycles. The summed E-state index contributed by atoms with van der Waals surface area (Å²) in [6.45, 7) is 0. The van der Waals surface area contributed by atoms with E-state index in [0.29, 0.717) is 22.7 Å². The Balaban J connectivity index is 1.49. The Morgan fingerprint density at radius 3 is 2.77 bits per heavy atom. The minimum absolute atomic E-state index is 0.0326. The van der Waals surface area contributed by atoms with E-state index in [1.807, 2.05) is 0 Å². The number of primary amides is 1. The van der Waals surface area contributed by atoms with Gasteiger partial charge in [-0.2, -0.15) is 9.97 Å². The minimum atomic E-state index is -3.85. The van der Waals surface area contributed by atoms with Crippen LogP contribution in [0, 0.1) is 17.8 Å². The van der Waals surface area contributed by atoms with Gasteiger partial charge in [-0.15, -0.1) is 0 Å². The molecule has 4 atom stereocenters. The summed E-state index contributed by atoms with van der Waals surface area (Å²) in [5.74, 6) is 0.317. The van der Waals surface area contributed by atoms with Crippen molar-refractivity contribution in [2.24, 2.45) is 28.6 Å². The Kier molecular flexibility index (Phi) is 4.41. The number of aromatic nitrogens is 4. The third kappa shape index (κ3) is 3.49. The van der Waals surface area contributed by atoms with Crippen molar-refractivity contribution in [3.8, 4) is 0 Å². The summed E-state index contributed by atoms with van der Waals surface area (Å²) < 4.78 is 23.2. The Labute approximate surface area is 177 Å². The van der Waals surface area contributed by atoms with E-state index in [0.717, 1.165) is 6.42 Å². The number of benzene rings is 1. The van der Waals surface area contributed by atoms with Gasteiger partial charge in [0.1, 0.15) is 5.52 Å². The highest BCUT2D eigenvalue weighted by Crippen LogP contribution is 2.45. The van der Waals surface area contributed by atoms with Gasteiger partial charge in [0.2, 0.25) is 21.9 Å². The van der Waals surface area contributed by atoms with E-state index in [-0.39, 0.29) is 40.5 Å². The van der Waals surface area contributed by atoms with Crippen molar-refractivity contribution in [3.05, 3.63) is 42.7 Å². The van der Waals surface area contributed by atoms with Crippen molar-refractivity contribution in [2.45, 2.75) is 17.4 Å². The molecular formula is C19H20N8O3S. The predicted octanol–water partition coefficient (Wildman–Crippen LogP) is 0.832. The zero-order valence-corrected chi connectivity index (χ0v) is 17.0. The van der Waals surface area contributed by atoms with Crippen molar-refractivity contribution in [1.82, 2.24) is 19.9 Å². The second kappa shape index (κ2) is 7.03. The molecule has 1 amide bonds. The largest absolute Gasteiger partial charge is 0.369 e. The van der Waals surface area contributed by atoms with Crippen molar-refractivity contribution < 1.29 is 13.2 Å². The number of anilines is 3. The van der Waals surface area contributed by atoms with Crippen LogP contribution in [0.1, 0.15) is 6.42 Å². The number of hydrogen-bond donors (Lipinski definition) is 5. The van der Waals surface area contributed by atoms with Crippen molar-refractivity contribution in [2.75, 3.05) is 10.6 Å². The molecular weight excluding hydrogens is 420 g/mol. The number of hydrogen-bond acceptors (Lipinski definition) is 8. The first-order chi connectivity index (χ1) is 14.8. The number of H-pyrrole nitrogens is 1. The number of fused-ring (bicyclic) bond motifs is 3. The van der Waals surface area contributed by atoms with Crippen LogP contribution in [0.5, 0.6) is 0 Å². The predicted molar refractivity (Wildman–Crippen MR) is 114 cm³/mol. The molecule has 3 aromatic rings. The summed E-state index contributed by atoms with van der Waals surface area (Å²) in [6.07, 6.45) is 6.52. The molecule has 31 heavy (non-hydrogen) atoms. The van der Waals surface area contributed by atoms with Crippen LogP contribution in [0.15, 0.2) is 47.6 Å². The van der Waals surface area contributed by atoms with Crippen molar-refractivity contribution >= 4 is 44.5 Å². The Morgan fingerprint density at radius 1 is 1.19 bits per heavy atom. The third-order valence-electron chi connectivity index (χ3n) is 5.80. The van der Waals surface area contributed by atoms with E-state index in [1.54, 1.807) is 12.1 Å². The second-order valence-electron chi connectivity index (χ2n) is 7.74. The van der Waals surface area contributed by atoms with Gasteiger partial charge in [0.25, 0.3) is 0 Å². The Bertz CT molecular complexity index is 1320. The maximum Gasteiger partial charge on any atom is 0.238 e. The van der Waals surface area contributed by atoms with Gasteiger partial charge >= 0.3 is 0 Å². The molecule has 2 aromatic heterocycles. The number of primary sulfonamides is 1. The molecule has 1 aromatic carbocycles. The molecule has 160 valence electrons. The average Bonchev–Trinajstić information content (AvgIpc) is 3.43. The summed E-state index contributed by atoms with van der Waals surface area (Å²) in [5.41, 5.74) is 7.12. The molecule has 12 heteroatoms. The molecule has 0 unspecified atom stereocenters. The lowest BCUT2D eigenvalue weighted by Crippen LogP contribution is -2.41. The summed E-state index contributed by atoms with van der Waals surface area (Å²) in [7, 11) is -3.85. The molecule has 2 heterocycles. The fourth-order valence-corrected chi connectivity index (χ4v) is 5.00. The SMILES string of the molecule is NC(=O)[C@@H]1[C@H](Nc2nc(Nc3cccc(S(N)(=O)=O)c3)nc3nc[nH]c23)[C@@H]2C=C[C@H]1C2. The number of carbonyl (C=O) groups excluding carboxylic acids is 1. The number of aromatic amines is 1. The van der Waals surface area contributed by atoms with E-state index < -0.39 is 10.0 Å². The highest BCUT2D eigenvalue weighted by molar-refractivity contribution is 7.89. The summed E-state index contributed by atoms with van der Waals surface area (Å²) >= 11 is 0. The third-order valence-corrected chi connectivity index (χ3v) is 6.71. The number of nitrogens with zero attached hydrogens (tertiary/aromatic N) is 3. The number of imidazole rings is 1. The van der Waals surface area contributed by atoms with Gasteiger partial charge in [0.15, 0.2) is 11.5 Å². The molecule has 1 saturated carbocycles.